The average molecular weight is 304 g/mol. The molecule has 2 aromatic rings. The number of hydrogen-bond acceptors (Lipinski definition) is 4. The molecule has 20 heavy (non-hydrogen) atoms. The Morgan fingerprint density at radius 2 is 1.35 bits per heavy atom. The Morgan fingerprint density at radius 1 is 0.850 bits per heavy atom. The Balaban J connectivity index is 1.89. The number of nitrogens with zero attached hydrogens (tertiary/aromatic N) is 2. The summed E-state index contributed by atoms with van der Waals surface area (Å²) in [6.45, 7) is 0. The number of anilines is 2. The van der Waals surface area contributed by atoms with Crippen molar-refractivity contribution in [2.45, 2.75) is 0 Å². The van der Waals surface area contributed by atoms with E-state index in [1.165, 1.54) is 21.8 Å². The molecular formula is C15H16N2OS2. The van der Waals surface area contributed by atoms with Crippen molar-refractivity contribution in [2.24, 2.45) is 0 Å². The van der Waals surface area contributed by atoms with Gasteiger partial charge in [-0.1, -0.05) is 36.4 Å². The van der Waals surface area contributed by atoms with Gasteiger partial charge in [-0.15, -0.1) is 0 Å². The van der Waals surface area contributed by atoms with Crippen molar-refractivity contribution < 1.29 is 4.79 Å². The molecule has 0 spiro atoms. The van der Waals surface area contributed by atoms with Gasteiger partial charge in [0.25, 0.3) is 5.24 Å². The number of carbonyl (C=O) groups excluding carboxylic acids is 1. The first-order valence-corrected chi connectivity index (χ1v) is 8.25. The van der Waals surface area contributed by atoms with Gasteiger partial charge in [-0.2, -0.15) is 0 Å². The fraction of sp³-hybridized carbons (Fsp3) is 0.133. The largest absolute Gasteiger partial charge is 0.310 e. The Bertz CT molecular complexity index is 548. The van der Waals surface area contributed by atoms with Gasteiger partial charge in [0, 0.05) is 47.2 Å². The second kappa shape index (κ2) is 7.26. The van der Waals surface area contributed by atoms with Crippen LogP contribution in [0.25, 0.3) is 0 Å². The summed E-state index contributed by atoms with van der Waals surface area (Å²) in [6.07, 6.45) is 0. The second-order valence-corrected chi connectivity index (χ2v) is 6.31. The van der Waals surface area contributed by atoms with Crippen LogP contribution in [0.4, 0.5) is 16.2 Å². The van der Waals surface area contributed by atoms with Crippen LogP contribution in [0.1, 0.15) is 0 Å². The van der Waals surface area contributed by atoms with E-state index in [0.717, 1.165) is 11.4 Å². The maximum Gasteiger partial charge on any atom is 0.298 e. The van der Waals surface area contributed by atoms with E-state index in [1.807, 2.05) is 72.0 Å². The molecule has 0 heterocycles. The minimum atomic E-state index is 0.00369. The number of hydrogen-bond donors (Lipinski definition) is 0. The van der Waals surface area contributed by atoms with E-state index in [2.05, 4.69) is 0 Å². The molecule has 5 heteroatoms. The molecule has 0 aromatic heterocycles. The zero-order valence-corrected chi connectivity index (χ0v) is 13.0. The van der Waals surface area contributed by atoms with Crippen LogP contribution in [0.3, 0.4) is 0 Å². The van der Waals surface area contributed by atoms with Crippen LogP contribution >= 0.6 is 21.8 Å². The highest BCUT2D eigenvalue weighted by molar-refractivity contribution is 8.82. The summed E-state index contributed by atoms with van der Waals surface area (Å²) >= 11 is 0. The molecule has 0 saturated carbocycles. The van der Waals surface area contributed by atoms with E-state index >= 15 is 0 Å². The molecule has 0 N–H and O–H groups in total. The van der Waals surface area contributed by atoms with E-state index in [0.29, 0.717) is 0 Å². The van der Waals surface area contributed by atoms with Crippen molar-refractivity contribution in [2.75, 3.05) is 23.3 Å². The Kier molecular flexibility index (Phi) is 5.38. The number of para-hydroxylation sites is 2. The number of benzene rings is 2. The molecule has 0 aliphatic rings. The summed E-state index contributed by atoms with van der Waals surface area (Å²) < 4.78 is 1.97. The van der Waals surface area contributed by atoms with Crippen molar-refractivity contribution in [3.8, 4) is 0 Å². The second-order valence-electron chi connectivity index (χ2n) is 4.15. The number of amides is 1. The van der Waals surface area contributed by atoms with Crippen LogP contribution in [0.5, 0.6) is 0 Å². The third-order valence-electron chi connectivity index (χ3n) is 2.76. The maximum atomic E-state index is 12.1. The first-order valence-electron chi connectivity index (χ1n) is 6.14. The van der Waals surface area contributed by atoms with Crippen LogP contribution in [-0.4, -0.2) is 19.3 Å². The lowest BCUT2D eigenvalue weighted by molar-refractivity contribution is 0.266. The van der Waals surface area contributed by atoms with Crippen molar-refractivity contribution in [3.63, 3.8) is 0 Å². The average Bonchev–Trinajstić information content (AvgIpc) is 2.53. The van der Waals surface area contributed by atoms with Crippen LogP contribution < -0.4 is 9.21 Å². The summed E-state index contributed by atoms with van der Waals surface area (Å²) in [7, 11) is 6.36. The monoisotopic (exact) mass is 304 g/mol. The minimum absolute atomic E-state index is 0.00369. The topological polar surface area (TPSA) is 23.6 Å². The van der Waals surface area contributed by atoms with Gasteiger partial charge in [0.2, 0.25) is 0 Å². The van der Waals surface area contributed by atoms with Crippen molar-refractivity contribution in [3.05, 3.63) is 60.7 Å². The quantitative estimate of drug-likeness (QED) is 0.604. The first kappa shape index (κ1) is 14.8. The molecule has 0 atom stereocenters. The van der Waals surface area contributed by atoms with Gasteiger partial charge in [-0.25, -0.2) is 0 Å². The van der Waals surface area contributed by atoms with Gasteiger partial charge in [-0.05, 0) is 24.3 Å². The minimum Gasteiger partial charge on any atom is -0.310 e. The predicted octanol–water partition coefficient (Wildman–Crippen LogP) is 4.68. The Morgan fingerprint density at radius 3 is 1.90 bits per heavy atom. The SMILES string of the molecule is CN(SSC(=O)N(C)c1ccccc1)c1ccccc1. The fourth-order valence-corrected chi connectivity index (χ4v) is 3.30. The molecule has 0 saturated heterocycles. The summed E-state index contributed by atoms with van der Waals surface area (Å²) in [5.41, 5.74) is 1.97. The summed E-state index contributed by atoms with van der Waals surface area (Å²) in [5.74, 6) is 0. The molecule has 0 bridgehead atoms. The summed E-state index contributed by atoms with van der Waals surface area (Å²) in [5, 5.41) is 0.00369. The zero-order valence-electron chi connectivity index (χ0n) is 11.4. The van der Waals surface area contributed by atoms with E-state index in [-0.39, 0.29) is 5.24 Å². The highest BCUT2D eigenvalue weighted by Gasteiger charge is 2.13. The van der Waals surface area contributed by atoms with Gasteiger partial charge in [-0.3, -0.25) is 4.79 Å². The molecule has 3 nitrogen and oxygen atoms in total. The van der Waals surface area contributed by atoms with E-state index < -0.39 is 0 Å². The van der Waals surface area contributed by atoms with Crippen molar-refractivity contribution in [1.82, 2.24) is 0 Å². The van der Waals surface area contributed by atoms with Gasteiger partial charge in [0.1, 0.15) is 0 Å². The number of carbonyl (C=O) groups is 1. The van der Waals surface area contributed by atoms with Crippen molar-refractivity contribution in [1.29, 1.82) is 0 Å². The molecule has 1 amide bonds. The van der Waals surface area contributed by atoms with Crippen molar-refractivity contribution >= 4 is 38.4 Å². The molecule has 2 rings (SSSR count). The zero-order chi connectivity index (χ0) is 14.4. The maximum absolute atomic E-state index is 12.1. The Hall–Kier alpha value is -1.59. The molecule has 104 valence electrons. The number of rotatable bonds is 4. The molecule has 0 fully saturated rings. The lowest BCUT2D eigenvalue weighted by Gasteiger charge is -2.19. The van der Waals surface area contributed by atoms with Gasteiger partial charge in [0.05, 0.1) is 0 Å². The lowest BCUT2D eigenvalue weighted by Crippen LogP contribution is -2.21. The van der Waals surface area contributed by atoms with Crippen LogP contribution in [0.15, 0.2) is 60.7 Å². The predicted molar refractivity (Wildman–Crippen MR) is 90.3 cm³/mol. The summed E-state index contributed by atoms with van der Waals surface area (Å²) in [6, 6.07) is 19.6. The third-order valence-corrected chi connectivity index (χ3v) is 5.01. The van der Waals surface area contributed by atoms with Gasteiger partial charge >= 0.3 is 0 Å². The highest BCUT2D eigenvalue weighted by Crippen LogP contribution is 2.32. The Labute approximate surface area is 127 Å². The van der Waals surface area contributed by atoms with Gasteiger partial charge < -0.3 is 9.21 Å². The third kappa shape index (κ3) is 3.95. The fourth-order valence-electron chi connectivity index (χ4n) is 1.58. The van der Waals surface area contributed by atoms with Gasteiger partial charge in [0.15, 0.2) is 0 Å². The molecular weight excluding hydrogens is 288 g/mol. The van der Waals surface area contributed by atoms with Crippen LogP contribution in [0, 0.1) is 0 Å². The standard InChI is InChI=1S/C15H16N2OS2/c1-16(13-9-5-3-6-10-13)15(18)19-20-17(2)14-11-7-4-8-12-14/h3-12H,1-2H3. The van der Waals surface area contributed by atoms with E-state index in [9.17, 15) is 4.79 Å². The lowest BCUT2D eigenvalue weighted by atomic mass is 10.3. The van der Waals surface area contributed by atoms with Crippen LogP contribution in [0.2, 0.25) is 0 Å². The first-order chi connectivity index (χ1) is 9.68. The molecule has 0 aliphatic heterocycles. The smallest absolute Gasteiger partial charge is 0.298 e. The molecule has 0 unspecified atom stereocenters. The molecule has 0 radical (unpaired) electrons. The summed E-state index contributed by atoms with van der Waals surface area (Å²) in [4.78, 5) is 13.8. The van der Waals surface area contributed by atoms with E-state index in [1.54, 1.807) is 11.9 Å². The van der Waals surface area contributed by atoms with E-state index in [4.69, 9.17) is 0 Å². The molecule has 2 aromatic carbocycles. The molecule has 0 aliphatic carbocycles. The normalized spacial score (nSPS) is 10.1. The highest BCUT2D eigenvalue weighted by atomic mass is 33.1. The van der Waals surface area contributed by atoms with Crippen LogP contribution in [-0.2, 0) is 0 Å².